The van der Waals surface area contributed by atoms with Crippen LogP contribution in [0.2, 0.25) is 0 Å². The summed E-state index contributed by atoms with van der Waals surface area (Å²) in [6.07, 6.45) is 8.35. The van der Waals surface area contributed by atoms with E-state index < -0.39 is 0 Å². The minimum Gasteiger partial charge on any atom is -0.273 e. The molecule has 0 atom stereocenters. The minimum absolute atomic E-state index is 0.829. The molecular formula is C9H14N2. The van der Waals surface area contributed by atoms with Gasteiger partial charge in [0.15, 0.2) is 0 Å². The first-order valence-electron chi connectivity index (χ1n) is 4.42. The lowest BCUT2D eigenvalue weighted by molar-refractivity contribution is 0.419. The van der Waals surface area contributed by atoms with Gasteiger partial charge in [0.2, 0.25) is 0 Å². The van der Waals surface area contributed by atoms with Crippen LogP contribution in [-0.2, 0) is 6.54 Å². The van der Waals surface area contributed by atoms with Gasteiger partial charge in [-0.2, -0.15) is 5.10 Å². The number of aryl methyl sites for hydroxylation is 1. The van der Waals surface area contributed by atoms with Crippen LogP contribution in [0, 0.1) is 0 Å². The first kappa shape index (κ1) is 6.89. The van der Waals surface area contributed by atoms with Gasteiger partial charge in [-0.15, -0.1) is 0 Å². The average Bonchev–Trinajstić information content (AvgIpc) is 2.32. The molecule has 0 amide bonds. The van der Waals surface area contributed by atoms with Crippen molar-refractivity contribution < 1.29 is 0 Å². The van der Waals surface area contributed by atoms with E-state index in [2.05, 4.69) is 18.2 Å². The molecule has 0 aromatic carbocycles. The Morgan fingerprint density at radius 3 is 2.91 bits per heavy atom. The summed E-state index contributed by atoms with van der Waals surface area (Å²) in [6.45, 7) is 3.12. The standard InChI is InChI=1S/C9H14N2/c1-2-11-7-9(6-10-11)8-4-3-5-8/h6-8H,2-5H2,1H3. The van der Waals surface area contributed by atoms with Crippen molar-refractivity contribution in [3.63, 3.8) is 0 Å². The fourth-order valence-corrected chi connectivity index (χ4v) is 1.50. The molecule has 0 N–H and O–H groups in total. The maximum atomic E-state index is 4.25. The third kappa shape index (κ3) is 1.17. The predicted octanol–water partition coefficient (Wildman–Crippen LogP) is 2.17. The van der Waals surface area contributed by atoms with E-state index in [9.17, 15) is 0 Å². The second kappa shape index (κ2) is 2.68. The quantitative estimate of drug-likeness (QED) is 0.631. The topological polar surface area (TPSA) is 17.8 Å². The summed E-state index contributed by atoms with van der Waals surface area (Å²) in [5.74, 6) is 0.829. The summed E-state index contributed by atoms with van der Waals surface area (Å²) in [6, 6.07) is 0. The molecule has 1 aliphatic rings. The zero-order valence-electron chi connectivity index (χ0n) is 6.95. The molecule has 0 unspecified atom stereocenters. The van der Waals surface area contributed by atoms with Crippen molar-refractivity contribution in [2.45, 2.75) is 38.6 Å². The van der Waals surface area contributed by atoms with Crippen LogP contribution in [-0.4, -0.2) is 9.78 Å². The van der Waals surface area contributed by atoms with E-state index in [1.807, 2.05) is 10.9 Å². The molecule has 60 valence electrons. The molecule has 2 heteroatoms. The van der Waals surface area contributed by atoms with Crippen LogP contribution >= 0.6 is 0 Å². The molecule has 0 radical (unpaired) electrons. The van der Waals surface area contributed by atoms with E-state index in [4.69, 9.17) is 0 Å². The number of hydrogen-bond acceptors (Lipinski definition) is 1. The molecule has 2 rings (SSSR count). The van der Waals surface area contributed by atoms with E-state index in [0.29, 0.717) is 0 Å². The Kier molecular flexibility index (Phi) is 1.68. The summed E-state index contributed by atoms with van der Waals surface area (Å²) in [7, 11) is 0. The molecule has 1 heterocycles. The Bertz CT molecular complexity index is 235. The summed E-state index contributed by atoms with van der Waals surface area (Å²) in [4.78, 5) is 0. The molecule has 0 aliphatic heterocycles. The zero-order valence-corrected chi connectivity index (χ0v) is 6.95. The summed E-state index contributed by atoms with van der Waals surface area (Å²) >= 11 is 0. The lowest BCUT2D eigenvalue weighted by Crippen LogP contribution is -2.07. The highest BCUT2D eigenvalue weighted by Gasteiger charge is 2.20. The SMILES string of the molecule is CCn1cc(C2CCC2)cn1. The third-order valence-electron chi connectivity index (χ3n) is 2.55. The van der Waals surface area contributed by atoms with Crippen molar-refractivity contribution in [1.29, 1.82) is 0 Å². The highest BCUT2D eigenvalue weighted by atomic mass is 15.3. The molecule has 1 aliphatic carbocycles. The van der Waals surface area contributed by atoms with Crippen LogP contribution in [0.25, 0.3) is 0 Å². The van der Waals surface area contributed by atoms with Gasteiger partial charge in [0.1, 0.15) is 0 Å². The first-order valence-corrected chi connectivity index (χ1v) is 4.42. The Balaban J connectivity index is 2.11. The van der Waals surface area contributed by atoms with Crippen LogP contribution in [0.5, 0.6) is 0 Å². The van der Waals surface area contributed by atoms with E-state index >= 15 is 0 Å². The minimum atomic E-state index is 0.829. The van der Waals surface area contributed by atoms with Crippen LogP contribution in [0.3, 0.4) is 0 Å². The zero-order chi connectivity index (χ0) is 7.68. The number of hydrogen-bond donors (Lipinski definition) is 0. The van der Waals surface area contributed by atoms with Crippen molar-refractivity contribution in [3.8, 4) is 0 Å². The lowest BCUT2D eigenvalue weighted by Gasteiger charge is -2.23. The van der Waals surface area contributed by atoms with Gasteiger partial charge in [0.05, 0.1) is 6.20 Å². The van der Waals surface area contributed by atoms with Gasteiger partial charge in [-0.1, -0.05) is 6.42 Å². The Hall–Kier alpha value is -0.790. The monoisotopic (exact) mass is 150 g/mol. The molecule has 1 fully saturated rings. The predicted molar refractivity (Wildman–Crippen MR) is 44.5 cm³/mol. The van der Waals surface area contributed by atoms with Gasteiger partial charge < -0.3 is 0 Å². The van der Waals surface area contributed by atoms with Gasteiger partial charge in [-0.05, 0) is 31.2 Å². The average molecular weight is 150 g/mol. The Labute approximate surface area is 67.2 Å². The van der Waals surface area contributed by atoms with Gasteiger partial charge in [0, 0.05) is 12.7 Å². The van der Waals surface area contributed by atoms with Gasteiger partial charge in [-0.3, -0.25) is 4.68 Å². The largest absolute Gasteiger partial charge is 0.273 e. The van der Waals surface area contributed by atoms with Crippen LogP contribution < -0.4 is 0 Å². The normalized spacial score (nSPS) is 18.3. The van der Waals surface area contributed by atoms with E-state index in [-0.39, 0.29) is 0 Å². The van der Waals surface area contributed by atoms with Gasteiger partial charge >= 0.3 is 0 Å². The van der Waals surface area contributed by atoms with Crippen LogP contribution in [0.15, 0.2) is 12.4 Å². The van der Waals surface area contributed by atoms with Crippen LogP contribution in [0.1, 0.15) is 37.7 Å². The van der Waals surface area contributed by atoms with E-state index in [1.54, 1.807) is 0 Å². The van der Waals surface area contributed by atoms with Crippen molar-refractivity contribution in [1.82, 2.24) is 9.78 Å². The first-order chi connectivity index (χ1) is 5.40. The summed E-state index contributed by atoms with van der Waals surface area (Å²) < 4.78 is 2.01. The van der Waals surface area contributed by atoms with Gasteiger partial charge in [0.25, 0.3) is 0 Å². The second-order valence-corrected chi connectivity index (χ2v) is 3.26. The molecule has 2 nitrogen and oxygen atoms in total. The number of nitrogens with zero attached hydrogens (tertiary/aromatic N) is 2. The van der Waals surface area contributed by atoms with Crippen molar-refractivity contribution in [2.24, 2.45) is 0 Å². The third-order valence-corrected chi connectivity index (χ3v) is 2.55. The van der Waals surface area contributed by atoms with Crippen molar-refractivity contribution in [2.75, 3.05) is 0 Å². The molecule has 1 saturated carbocycles. The highest BCUT2D eigenvalue weighted by Crippen LogP contribution is 2.35. The van der Waals surface area contributed by atoms with E-state index in [1.165, 1.54) is 24.8 Å². The molecule has 11 heavy (non-hydrogen) atoms. The molecular weight excluding hydrogens is 136 g/mol. The lowest BCUT2D eigenvalue weighted by atomic mass is 9.81. The van der Waals surface area contributed by atoms with Crippen molar-refractivity contribution in [3.05, 3.63) is 18.0 Å². The van der Waals surface area contributed by atoms with Gasteiger partial charge in [-0.25, -0.2) is 0 Å². The van der Waals surface area contributed by atoms with Crippen molar-refractivity contribution >= 4 is 0 Å². The smallest absolute Gasteiger partial charge is 0.0524 e. The second-order valence-electron chi connectivity index (χ2n) is 3.26. The maximum Gasteiger partial charge on any atom is 0.0524 e. The molecule has 1 aromatic heterocycles. The molecule has 1 aromatic rings. The number of rotatable bonds is 2. The molecule has 0 saturated heterocycles. The summed E-state index contributed by atoms with van der Waals surface area (Å²) in [5.41, 5.74) is 1.44. The fraction of sp³-hybridized carbons (Fsp3) is 0.667. The number of aromatic nitrogens is 2. The maximum absolute atomic E-state index is 4.25. The fourth-order valence-electron chi connectivity index (χ4n) is 1.50. The van der Waals surface area contributed by atoms with Crippen LogP contribution in [0.4, 0.5) is 0 Å². The highest BCUT2D eigenvalue weighted by molar-refractivity contribution is 5.13. The Morgan fingerprint density at radius 1 is 1.64 bits per heavy atom. The molecule has 0 bridgehead atoms. The Morgan fingerprint density at radius 2 is 2.45 bits per heavy atom. The summed E-state index contributed by atoms with van der Waals surface area (Å²) in [5, 5.41) is 4.25. The van der Waals surface area contributed by atoms with E-state index in [0.717, 1.165) is 12.5 Å². The molecule has 0 spiro atoms.